The quantitative estimate of drug-likeness (QED) is 0.747. The number of urea groups is 1. The maximum atomic E-state index is 12.1. The molecule has 0 radical (unpaired) electrons. The molecule has 7 heteroatoms. The molecular weight excluding hydrogens is 338 g/mol. The molecule has 0 bridgehead atoms. The Morgan fingerprint density at radius 1 is 1.24 bits per heavy atom. The average Bonchev–Trinajstić information content (AvgIpc) is 2.47. The van der Waals surface area contributed by atoms with Crippen molar-refractivity contribution in [2.75, 3.05) is 11.0 Å². The van der Waals surface area contributed by atoms with E-state index in [9.17, 15) is 13.2 Å². The Morgan fingerprint density at radius 3 is 2.44 bits per heavy atom. The van der Waals surface area contributed by atoms with Gasteiger partial charge in [-0.1, -0.05) is 32.9 Å². The second-order valence-electron chi connectivity index (χ2n) is 7.89. The van der Waals surface area contributed by atoms with Crippen LogP contribution in [0.4, 0.5) is 10.5 Å². The molecule has 25 heavy (non-hydrogen) atoms. The number of carbonyl (C=O) groups excluding carboxylic acids is 1. The molecule has 1 fully saturated rings. The van der Waals surface area contributed by atoms with E-state index >= 15 is 0 Å². The van der Waals surface area contributed by atoms with Gasteiger partial charge in [0.05, 0.1) is 6.26 Å². The molecule has 0 heterocycles. The second-order valence-corrected chi connectivity index (χ2v) is 9.64. The summed E-state index contributed by atoms with van der Waals surface area (Å²) >= 11 is 0. The average molecular weight is 368 g/mol. The van der Waals surface area contributed by atoms with Gasteiger partial charge in [0.1, 0.15) is 0 Å². The number of sulfonamides is 1. The molecule has 2 unspecified atom stereocenters. The first-order valence-corrected chi connectivity index (χ1v) is 10.5. The number of rotatable bonds is 5. The molecule has 1 saturated carbocycles. The van der Waals surface area contributed by atoms with Crippen molar-refractivity contribution in [2.24, 2.45) is 11.3 Å². The first-order valence-electron chi connectivity index (χ1n) is 8.65. The third kappa shape index (κ3) is 6.57. The molecule has 0 saturated heterocycles. The summed E-state index contributed by atoms with van der Waals surface area (Å²) in [6.07, 6.45) is 4.36. The Labute approximate surface area is 150 Å². The summed E-state index contributed by atoms with van der Waals surface area (Å²) in [5.41, 5.74) is 1.77. The molecule has 0 aliphatic heterocycles. The van der Waals surface area contributed by atoms with Crippen LogP contribution in [-0.2, 0) is 16.6 Å². The number of hydrogen-bond donors (Lipinski definition) is 3. The summed E-state index contributed by atoms with van der Waals surface area (Å²) in [7, 11) is -3.28. The number of carbonyl (C=O) groups is 1. The molecule has 0 spiro atoms. The van der Waals surface area contributed by atoms with Crippen LogP contribution < -0.4 is 15.4 Å². The number of benzene rings is 1. The van der Waals surface area contributed by atoms with Gasteiger partial charge < -0.3 is 10.6 Å². The molecule has 1 aromatic carbocycles. The van der Waals surface area contributed by atoms with Crippen LogP contribution in [0.2, 0.25) is 0 Å². The maximum Gasteiger partial charge on any atom is 0.315 e. The molecule has 6 nitrogen and oxygen atoms in total. The van der Waals surface area contributed by atoms with Crippen molar-refractivity contribution in [1.29, 1.82) is 0 Å². The van der Waals surface area contributed by atoms with Crippen molar-refractivity contribution in [1.82, 2.24) is 10.6 Å². The predicted molar refractivity (Wildman–Crippen MR) is 101 cm³/mol. The smallest absolute Gasteiger partial charge is 0.315 e. The summed E-state index contributed by atoms with van der Waals surface area (Å²) in [6, 6.07) is 7.01. The van der Waals surface area contributed by atoms with Gasteiger partial charge in [-0.2, -0.15) is 0 Å². The summed E-state index contributed by atoms with van der Waals surface area (Å²) in [5, 5.41) is 5.94. The molecule has 1 aliphatic rings. The van der Waals surface area contributed by atoms with Gasteiger partial charge in [-0.15, -0.1) is 0 Å². The third-order valence-electron chi connectivity index (χ3n) is 4.72. The highest BCUT2D eigenvalue weighted by Crippen LogP contribution is 2.38. The van der Waals surface area contributed by atoms with E-state index in [0.717, 1.165) is 31.1 Å². The monoisotopic (exact) mass is 367 g/mol. The van der Waals surface area contributed by atoms with E-state index in [1.165, 1.54) is 0 Å². The molecule has 2 amide bonds. The zero-order chi connectivity index (χ0) is 18.7. The second kappa shape index (κ2) is 7.64. The zero-order valence-corrected chi connectivity index (χ0v) is 16.2. The van der Waals surface area contributed by atoms with Crippen LogP contribution in [0.25, 0.3) is 0 Å². The standard InChI is InChI=1S/C18H29N3O3S/c1-13-11-18(2,3)10-9-16(13)20-17(22)19-12-14-5-7-15(8-6-14)21-25(4,23)24/h5-8,13,16,21H,9-12H2,1-4H3,(H2,19,20,22). The van der Waals surface area contributed by atoms with Gasteiger partial charge >= 0.3 is 6.03 Å². The van der Waals surface area contributed by atoms with Crippen molar-refractivity contribution in [3.63, 3.8) is 0 Å². The SMILES string of the molecule is CC1CC(C)(C)CCC1NC(=O)NCc1ccc(NS(C)(=O)=O)cc1. The van der Waals surface area contributed by atoms with Gasteiger partial charge in [0.2, 0.25) is 10.0 Å². The highest BCUT2D eigenvalue weighted by atomic mass is 32.2. The van der Waals surface area contributed by atoms with E-state index < -0.39 is 10.0 Å². The highest BCUT2D eigenvalue weighted by molar-refractivity contribution is 7.92. The molecule has 0 aromatic heterocycles. The van der Waals surface area contributed by atoms with Gasteiger partial charge in [-0.3, -0.25) is 4.72 Å². The van der Waals surface area contributed by atoms with Crippen molar-refractivity contribution >= 4 is 21.7 Å². The predicted octanol–water partition coefficient (Wildman–Crippen LogP) is 3.07. The van der Waals surface area contributed by atoms with E-state index in [4.69, 9.17) is 0 Å². The van der Waals surface area contributed by atoms with Crippen LogP contribution in [0.15, 0.2) is 24.3 Å². The summed E-state index contributed by atoms with van der Waals surface area (Å²) in [4.78, 5) is 12.1. The molecule has 2 atom stereocenters. The van der Waals surface area contributed by atoms with Gasteiger partial charge in [0, 0.05) is 18.3 Å². The fourth-order valence-corrected chi connectivity index (χ4v) is 4.03. The summed E-state index contributed by atoms with van der Waals surface area (Å²) < 4.78 is 24.8. The first kappa shape index (κ1) is 19.6. The van der Waals surface area contributed by atoms with Crippen LogP contribution >= 0.6 is 0 Å². The zero-order valence-electron chi connectivity index (χ0n) is 15.4. The molecule has 140 valence electrons. The third-order valence-corrected chi connectivity index (χ3v) is 5.33. The molecule has 3 N–H and O–H groups in total. The Balaban J connectivity index is 1.80. The lowest BCUT2D eigenvalue weighted by Crippen LogP contribution is -2.48. The molecular formula is C18H29N3O3S. The number of hydrogen-bond acceptors (Lipinski definition) is 3. The summed E-state index contributed by atoms with van der Waals surface area (Å²) in [6.45, 7) is 7.15. The molecule has 1 aromatic rings. The Hall–Kier alpha value is -1.76. The van der Waals surface area contributed by atoms with Gasteiger partial charge in [0.25, 0.3) is 0 Å². The van der Waals surface area contributed by atoms with Gasteiger partial charge in [-0.25, -0.2) is 13.2 Å². The van der Waals surface area contributed by atoms with Gasteiger partial charge in [-0.05, 0) is 48.3 Å². The summed E-state index contributed by atoms with van der Waals surface area (Å²) in [5.74, 6) is 0.468. The highest BCUT2D eigenvalue weighted by Gasteiger charge is 2.32. The van der Waals surface area contributed by atoms with Crippen molar-refractivity contribution in [2.45, 2.75) is 52.6 Å². The minimum Gasteiger partial charge on any atom is -0.335 e. The largest absolute Gasteiger partial charge is 0.335 e. The van der Waals surface area contributed by atoms with Crippen molar-refractivity contribution < 1.29 is 13.2 Å². The van der Waals surface area contributed by atoms with Gasteiger partial charge in [0.15, 0.2) is 0 Å². The van der Waals surface area contributed by atoms with E-state index in [1.54, 1.807) is 24.3 Å². The first-order chi connectivity index (χ1) is 11.5. The topological polar surface area (TPSA) is 87.3 Å². The van der Waals surface area contributed by atoms with Crippen LogP contribution in [0.1, 0.15) is 45.6 Å². The number of anilines is 1. The molecule has 2 rings (SSSR count). The minimum atomic E-state index is -3.28. The van der Waals surface area contributed by atoms with Crippen LogP contribution in [0.3, 0.4) is 0 Å². The lowest BCUT2D eigenvalue weighted by atomic mass is 9.70. The number of amides is 2. The van der Waals surface area contributed by atoms with Crippen molar-refractivity contribution in [3.8, 4) is 0 Å². The van der Waals surface area contributed by atoms with E-state index in [1.807, 2.05) is 0 Å². The van der Waals surface area contributed by atoms with Crippen LogP contribution in [0, 0.1) is 11.3 Å². The Kier molecular flexibility index (Phi) is 5.98. The Bertz CT molecular complexity index is 699. The maximum absolute atomic E-state index is 12.1. The number of nitrogens with one attached hydrogen (secondary N) is 3. The lowest BCUT2D eigenvalue weighted by molar-refractivity contribution is 0.149. The van der Waals surface area contributed by atoms with E-state index in [2.05, 4.69) is 36.1 Å². The fraction of sp³-hybridized carbons (Fsp3) is 0.611. The fourth-order valence-electron chi connectivity index (χ4n) is 3.47. The Morgan fingerprint density at radius 2 is 1.88 bits per heavy atom. The van der Waals surface area contributed by atoms with E-state index in [0.29, 0.717) is 23.6 Å². The molecule has 1 aliphatic carbocycles. The van der Waals surface area contributed by atoms with Crippen LogP contribution in [-0.4, -0.2) is 26.7 Å². The minimum absolute atomic E-state index is 0.158. The van der Waals surface area contributed by atoms with E-state index in [-0.39, 0.29) is 12.1 Å². The lowest BCUT2D eigenvalue weighted by Gasteiger charge is -2.39. The normalized spacial score (nSPS) is 22.9. The van der Waals surface area contributed by atoms with Crippen molar-refractivity contribution in [3.05, 3.63) is 29.8 Å². The van der Waals surface area contributed by atoms with Crippen LogP contribution in [0.5, 0.6) is 0 Å².